The van der Waals surface area contributed by atoms with Crippen LogP contribution in [0.15, 0.2) is 76.3 Å². The van der Waals surface area contributed by atoms with Gasteiger partial charge in [-0.2, -0.15) is 0 Å². The summed E-state index contributed by atoms with van der Waals surface area (Å²) >= 11 is 2.29. The summed E-state index contributed by atoms with van der Waals surface area (Å²) in [6.45, 7) is 4.11. The van der Waals surface area contributed by atoms with Crippen LogP contribution in [0.4, 0.5) is 5.69 Å². The maximum Gasteiger partial charge on any atom is 0.332 e. The van der Waals surface area contributed by atoms with Crippen LogP contribution in [0.1, 0.15) is 11.1 Å². The van der Waals surface area contributed by atoms with Gasteiger partial charge in [-0.1, -0.05) is 42.5 Å². The van der Waals surface area contributed by atoms with Gasteiger partial charge in [0.05, 0.1) is 36.8 Å². The zero-order valence-corrected chi connectivity index (χ0v) is 22.6. The first-order chi connectivity index (χ1) is 17.4. The van der Waals surface area contributed by atoms with Crippen LogP contribution in [0.2, 0.25) is 0 Å². The van der Waals surface area contributed by atoms with E-state index >= 15 is 0 Å². The van der Waals surface area contributed by atoms with Crippen molar-refractivity contribution in [3.8, 4) is 5.75 Å². The largest absolute Gasteiger partial charge is 0.497 e. The minimum atomic E-state index is -0.307. The van der Waals surface area contributed by atoms with Gasteiger partial charge in [0, 0.05) is 29.7 Å². The Morgan fingerprint density at radius 3 is 2.14 bits per heavy atom. The van der Waals surface area contributed by atoms with Crippen molar-refractivity contribution in [1.82, 2.24) is 14.0 Å². The molecule has 1 aliphatic rings. The van der Waals surface area contributed by atoms with Crippen molar-refractivity contribution in [3.63, 3.8) is 0 Å². The molecule has 36 heavy (non-hydrogen) atoms. The molecule has 1 fully saturated rings. The number of likely N-dealkylation sites (N-methyl/N-ethyl adjacent to an activating group) is 1. The van der Waals surface area contributed by atoms with Crippen LogP contribution in [-0.4, -0.2) is 54.4 Å². The van der Waals surface area contributed by atoms with E-state index in [2.05, 4.69) is 45.5 Å². The van der Waals surface area contributed by atoms with Crippen LogP contribution in [0.5, 0.6) is 5.75 Å². The molecule has 0 N–H and O–H groups in total. The Labute approximate surface area is 223 Å². The van der Waals surface area contributed by atoms with Gasteiger partial charge in [-0.05, 0) is 65.0 Å². The van der Waals surface area contributed by atoms with Crippen LogP contribution in [0.3, 0.4) is 0 Å². The van der Waals surface area contributed by atoms with Gasteiger partial charge in [0.25, 0.3) is 5.56 Å². The molecule has 0 bridgehead atoms. The predicted octanol–water partition coefficient (Wildman–Crippen LogP) is 3.62. The summed E-state index contributed by atoms with van der Waals surface area (Å²) in [5, 5.41) is 0.601. The number of nitrogens with zero attached hydrogens (tertiary/aromatic N) is 4. The Kier molecular flexibility index (Phi) is 7.15. The molecule has 0 radical (unpaired) electrons. The second kappa shape index (κ2) is 10.5. The first kappa shape index (κ1) is 24.6. The molecule has 1 aliphatic heterocycles. The number of halogens is 1. The summed E-state index contributed by atoms with van der Waals surface area (Å²) in [6, 6.07) is 21.4. The number of aromatic nitrogens is 2. The van der Waals surface area contributed by atoms with Crippen LogP contribution >= 0.6 is 22.6 Å². The molecular weight excluding hydrogens is 567 g/mol. The van der Waals surface area contributed by atoms with Crippen molar-refractivity contribution in [1.29, 1.82) is 0 Å². The standard InChI is InChI=1S/C28H29IN4O3/c1-30-12-14-31(15-13-30)24-16-22(29)17-25-26(24)27(34)33(19-21-8-10-23(36-2)11-9-21)28(35)32(25)18-20-6-4-3-5-7-20/h3-11,16-17H,12-15,18-19H2,1-2H3. The van der Waals surface area contributed by atoms with Crippen molar-refractivity contribution < 1.29 is 4.74 Å². The Bertz CT molecular complexity index is 1490. The number of methoxy groups -OCH3 is 1. The van der Waals surface area contributed by atoms with Crippen molar-refractivity contribution in [2.24, 2.45) is 0 Å². The van der Waals surface area contributed by atoms with Gasteiger partial charge in [-0.15, -0.1) is 0 Å². The lowest BCUT2D eigenvalue weighted by Gasteiger charge is -2.34. The van der Waals surface area contributed by atoms with Gasteiger partial charge >= 0.3 is 5.69 Å². The lowest BCUT2D eigenvalue weighted by Crippen LogP contribution is -2.46. The molecule has 0 atom stereocenters. The molecule has 1 saturated heterocycles. The lowest BCUT2D eigenvalue weighted by molar-refractivity contribution is 0.313. The van der Waals surface area contributed by atoms with Gasteiger partial charge < -0.3 is 14.5 Å². The Hall–Kier alpha value is -3.11. The number of hydrogen-bond donors (Lipinski definition) is 0. The summed E-state index contributed by atoms with van der Waals surface area (Å²) in [4.78, 5) is 32.4. The SMILES string of the molecule is COc1ccc(Cn2c(=O)c3c(N4CCN(C)CC4)cc(I)cc3n(Cc3ccccc3)c2=O)cc1. The molecule has 0 spiro atoms. The van der Waals surface area contributed by atoms with Crippen molar-refractivity contribution in [2.45, 2.75) is 13.1 Å². The highest BCUT2D eigenvalue weighted by Gasteiger charge is 2.23. The number of ether oxygens (including phenoxy) is 1. The molecule has 186 valence electrons. The predicted molar refractivity (Wildman–Crippen MR) is 153 cm³/mol. The summed E-state index contributed by atoms with van der Waals surface area (Å²) in [6.07, 6.45) is 0. The van der Waals surface area contributed by atoms with Crippen molar-refractivity contribution in [3.05, 3.63) is 102 Å². The van der Waals surface area contributed by atoms with E-state index in [1.807, 2.05) is 60.7 Å². The van der Waals surface area contributed by atoms with Gasteiger partial charge in [0.15, 0.2) is 0 Å². The molecule has 2 heterocycles. The van der Waals surface area contributed by atoms with Gasteiger partial charge in [-0.25, -0.2) is 4.79 Å². The van der Waals surface area contributed by atoms with E-state index in [1.165, 1.54) is 4.57 Å². The van der Waals surface area contributed by atoms with Crippen molar-refractivity contribution >= 4 is 39.2 Å². The number of rotatable bonds is 6. The summed E-state index contributed by atoms with van der Waals surface area (Å²) in [7, 11) is 3.73. The van der Waals surface area contributed by atoms with E-state index in [0.29, 0.717) is 17.4 Å². The highest BCUT2D eigenvalue weighted by atomic mass is 127. The number of benzene rings is 3. The monoisotopic (exact) mass is 596 g/mol. The summed E-state index contributed by atoms with van der Waals surface area (Å²) < 4.78 is 9.39. The quantitative estimate of drug-likeness (QED) is 0.319. The third-order valence-corrected chi connectivity index (χ3v) is 7.42. The second-order valence-electron chi connectivity index (χ2n) is 9.20. The summed E-state index contributed by atoms with van der Waals surface area (Å²) in [5.74, 6) is 0.734. The second-order valence-corrected chi connectivity index (χ2v) is 10.4. The Balaban J connectivity index is 1.73. The average Bonchev–Trinajstić information content (AvgIpc) is 2.90. The van der Waals surface area contributed by atoms with E-state index in [4.69, 9.17) is 4.74 Å². The number of anilines is 1. The van der Waals surface area contributed by atoms with Gasteiger partial charge in [0.1, 0.15) is 5.75 Å². The molecular formula is C28H29IN4O3. The van der Waals surface area contributed by atoms with E-state index in [0.717, 1.165) is 52.3 Å². The molecule has 1 aromatic heterocycles. The highest BCUT2D eigenvalue weighted by Crippen LogP contribution is 2.28. The minimum Gasteiger partial charge on any atom is -0.497 e. The van der Waals surface area contributed by atoms with Crippen LogP contribution in [-0.2, 0) is 13.1 Å². The zero-order valence-electron chi connectivity index (χ0n) is 20.5. The molecule has 0 amide bonds. The Morgan fingerprint density at radius 2 is 1.47 bits per heavy atom. The maximum atomic E-state index is 14.0. The van der Waals surface area contributed by atoms with Gasteiger partial charge in [-0.3, -0.25) is 13.9 Å². The topological polar surface area (TPSA) is 59.7 Å². The third-order valence-electron chi connectivity index (χ3n) is 6.80. The smallest absolute Gasteiger partial charge is 0.332 e. The fraction of sp³-hybridized carbons (Fsp3) is 0.286. The van der Waals surface area contributed by atoms with Crippen LogP contribution in [0.25, 0.3) is 10.9 Å². The van der Waals surface area contributed by atoms with E-state index in [-0.39, 0.29) is 17.8 Å². The van der Waals surface area contributed by atoms with Gasteiger partial charge in [0.2, 0.25) is 0 Å². The third kappa shape index (κ3) is 4.92. The number of hydrogen-bond acceptors (Lipinski definition) is 5. The van der Waals surface area contributed by atoms with Crippen LogP contribution < -0.4 is 20.9 Å². The van der Waals surface area contributed by atoms with E-state index in [1.54, 1.807) is 11.7 Å². The fourth-order valence-electron chi connectivity index (χ4n) is 4.75. The molecule has 0 unspecified atom stereocenters. The molecule has 3 aromatic carbocycles. The summed E-state index contributed by atoms with van der Waals surface area (Å²) in [5.41, 5.74) is 2.91. The first-order valence-corrected chi connectivity index (χ1v) is 13.1. The molecule has 5 rings (SSSR count). The zero-order chi connectivity index (χ0) is 25.2. The van der Waals surface area contributed by atoms with E-state index < -0.39 is 0 Å². The molecule has 4 aromatic rings. The molecule has 7 nitrogen and oxygen atoms in total. The first-order valence-electron chi connectivity index (χ1n) is 12.0. The van der Waals surface area contributed by atoms with E-state index in [9.17, 15) is 9.59 Å². The molecule has 0 aliphatic carbocycles. The van der Waals surface area contributed by atoms with Crippen LogP contribution in [0, 0.1) is 3.57 Å². The number of piperazine rings is 1. The normalized spacial score (nSPS) is 14.4. The molecule has 8 heteroatoms. The number of fused-ring (bicyclic) bond motifs is 1. The maximum absolute atomic E-state index is 14.0. The lowest BCUT2D eigenvalue weighted by atomic mass is 10.1. The molecule has 0 saturated carbocycles. The highest BCUT2D eigenvalue weighted by molar-refractivity contribution is 14.1. The Morgan fingerprint density at radius 1 is 0.833 bits per heavy atom. The average molecular weight is 596 g/mol. The van der Waals surface area contributed by atoms with Crippen molar-refractivity contribution in [2.75, 3.05) is 45.2 Å². The minimum absolute atomic E-state index is 0.195. The fourth-order valence-corrected chi connectivity index (χ4v) is 5.34.